The van der Waals surface area contributed by atoms with Gasteiger partial charge in [0.15, 0.2) is 0 Å². The van der Waals surface area contributed by atoms with Crippen LogP contribution < -0.4 is 0 Å². The van der Waals surface area contributed by atoms with E-state index in [1.54, 1.807) is 0 Å². The molecule has 0 bridgehead atoms. The predicted molar refractivity (Wildman–Crippen MR) is 78.2 cm³/mol. The van der Waals surface area contributed by atoms with E-state index in [9.17, 15) is 0 Å². The van der Waals surface area contributed by atoms with Gasteiger partial charge in [-0.05, 0) is 17.9 Å². The van der Waals surface area contributed by atoms with Crippen LogP contribution in [0.1, 0.15) is 44.1 Å². The lowest BCUT2D eigenvalue weighted by molar-refractivity contribution is 0.541. The average molecular weight is 241 g/mol. The molecular weight excluding hydrogens is 218 g/mol. The van der Waals surface area contributed by atoms with Crippen LogP contribution >= 0.6 is 0 Å². The van der Waals surface area contributed by atoms with Crippen molar-refractivity contribution in [2.75, 3.05) is 0 Å². The third-order valence-corrected chi connectivity index (χ3v) is 3.78. The fraction of sp³-hybridized carbons (Fsp3) is 0.471. The van der Waals surface area contributed by atoms with Crippen LogP contribution in [0.3, 0.4) is 0 Å². The molecule has 1 aromatic carbocycles. The lowest BCUT2D eigenvalue weighted by Gasteiger charge is -2.12. The van der Waals surface area contributed by atoms with Crippen molar-refractivity contribution in [3.05, 3.63) is 48.0 Å². The first-order chi connectivity index (χ1) is 8.74. The molecule has 0 spiro atoms. The highest BCUT2D eigenvalue weighted by Crippen LogP contribution is 2.30. The zero-order chi connectivity index (χ0) is 12.8. The molecule has 0 unspecified atom stereocenters. The van der Waals surface area contributed by atoms with Gasteiger partial charge in [0.05, 0.1) is 0 Å². The zero-order valence-corrected chi connectivity index (χ0v) is 11.1. The van der Waals surface area contributed by atoms with Crippen molar-refractivity contribution in [2.45, 2.75) is 44.9 Å². The first-order valence-corrected chi connectivity index (χ1v) is 7.01. The molecule has 0 atom stereocenters. The summed E-state index contributed by atoms with van der Waals surface area (Å²) < 4.78 is 0. The molecule has 0 heterocycles. The molecule has 0 amide bonds. The van der Waals surface area contributed by atoms with Gasteiger partial charge >= 0.3 is 0 Å². The molecule has 0 saturated heterocycles. The second-order valence-electron chi connectivity index (χ2n) is 5.55. The Morgan fingerprint density at radius 3 is 2.50 bits per heavy atom. The van der Waals surface area contributed by atoms with Crippen molar-refractivity contribution in [1.82, 2.24) is 0 Å². The monoisotopic (exact) mass is 241 g/mol. The molecule has 2 rings (SSSR count). The van der Waals surface area contributed by atoms with Crippen molar-refractivity contribution in [3.8, 4) is 0 Å². The number of allylic oxidation sites excluding steroid dienone is 1. The largest absolute Gasteiger partial charge is 0.309 e. The van der Waals surface area contributed by atoms with E-state index in [4.69, 9.17) is 5.41 Å². The molecule has 1 fully saturated rings. The molecule has 1 heteroatoms. The van der Waals surface area contributed by atoms with Gasteiger partial charge in [-0.3, -0.25) is 0 Å². The molecule has 1 aliphatic carbocycles. The van der Waals surface area contributed by atoms with Crippen molar-refractivity contribution >= 4 is 5.71 Å². The Hall–Kier alpha value is -1.37. The summed E-state index contributed by atoms with van der Waals surface area (Å²) in [6.07, 6.45) is 8.20. The van der Waals surface area contributed by atoms with Crippen LogP contribution in [-0.2, 0) is 6.42 Å². The van der Waals surface area contributed by atoms with Crippen LogP contribution in [0, 0.1) is 11.3 Å². The van der Waals surface area contributed by atoms with Crippen molar-refractivity contribution in [2.24, 2.45) is 5.92 Å². The standard InChI is InChI=1S/C17H23N/c1-14(11-15-9-5-6-10-15)12-17(18)13-16-7-3-2-4-8-16/h2-4,7-8,15,18H,1,5-6,9-13H2. The lowest BCUT2D eigenvalue weighted by atomic mass is 9.94. The molecule has 1 aliphatic rings. The molecule has 0 radical (unpaired) electrons. The van der Waals surface area contributed by atoms with Gasteiger partial charge in [-0.15, -0.1) is 0 Å². The molecule has 1 saturated carbocycles. The van der Waals surface area contributed by atoms with Gasteiger partial charge in [0.1, 0.15) is 0 Å². The van der Waals surface area contributed by atoms with Crippen LogP contribution in [0.5, 0.6) is 0 Å². The summed E-state index contributed by atoms with van der Waals surface area (Å²) in [7, 11) is 0. The van der Waals surface area contributed by atoms with Gasteiger partial charge < -0.3 is 5.41 Å². The number of benzene rings is 1. The third-order valence-electron chi connectivity index (χ3n) is 3.78. The highest BCUT2D eigenvalue weighted by Gasteiger charge is 2.16. The van der Waals surface area contributed by atoms with Crippen molar-refractivity contribution in [1.29, 1.82) is 5.41 Å². The van der Waals surface area contributed by atoms with Crippen LogP contribution in [0.25, 0.3) is 0 Å². The number of hydrogen-bond acceptors (Lipinski definition) is 1. The molecular formula is C17H23N. The summed E-state index contributed by atoms with van der Waals surface area (Å²) in [4.78, 5) is 0. The summed E-state index contributed by atoms with van der Waals surface area (Å²) in [6, 6.07) is 10.3. The molecule has 1 nitrogen and oxygen atoms in total. The maximum Gasteiger partial charge on any atom is 0.0173 e. The van der Waals surface area contributed by atoms with Crippen LogP contribution in [0.15, 0.2) is 42.5 Å². The van der Waals surface area contributed by atoms with Gasteiger partial charge in [0.2, 0.25) is 0 Å². The van der Waals surface area contributed by atoms with E-state index in [1.165, 1.54) is 36.8 Å². The van der Waals surface area contributed by atoms with Gasteiger partial charge in [-0.25, -0.2) is 0 Å². The Labute approximate surface area is 110 Å². The predicted octanol–water partition coefficient (Wildman–Crippen LogP) is 4.78. The van der Waals surface area contributed by atoms with E-state index >= 15 is 0 Å². The second kappa shape index (κ2) is 6.53. The van der Waals surface area contributed by atoms with Gasteiger partial charge in [0, 0.05) is 18.6 Å². The zero-order valence-electron chi connectivity index (χ0n) is 11.1. The fourth-order valence-corrected chi connectivity index (χ4v) is 2.90. The molecule has 96 valence electrons. The third kappa shape index (κ3) is 4.14. The molecule has 18 heavy (non-hydrogen) atoms. The minimum atomic E-state index is 0.768. The topological polar surface area (TPSA) is 23.9 Å². The number of hydrogen-bond donors (Lipinski definition) is 1. The van der Waals surface area contributed by atoms with Crippen LogP contribution in [0.4, 0.5) is 0 Å². The SMILES string of the molecule is C=C(CC(=N)Cc1ccccc1)CC1CCCC1. The van der Waals surface area contributed by atoms with Gasteiger partial charge in [-0.1, -0.05) is 68.2 Å². The average Bonchev–Trinajstić information content (AvgIpc) is 2.82. The van der Waals surface area contributed by atoms with Crippen molar-refractivity contribution < 1.29 is 0 Å². The number of nitrogens with one attached hydrogen (secondary N) is 1. The Morgan fingerprint density at radius 2 is 1.83 bits per heavy atom. The maximum absolute atomic E-state index is 8.07. The van der Waals surface area contributed by atoms with E-state index in [0.29, 0.717) is 0 Å². The minimum Gasteiger partial charge on any atom is -0.309 e. The molecule has 0 aromatic heterocycles. The van der Waals surface area contributed by atoms with Gasteiger partial charge in [0.25, 0.3) is 0 Å². The Morgan fingerprint density at radius 1 is 1.17 bits per heavy atom. The quantitative estimate of drug-likeness (QED) is 0.547. The smallest absolute Gasteiger partial charge is 0.0173 e. The summed E-state index contributed by atoms with van der Waals surface area (Å²) in [6.45, 7) is 4.16. The minimum absolute atomic E-state index is 0.768. The number of rotatable bonds is 6. The van der Waals surface area contributed by atoms with E-state index in [0.717, 1.165) is 30.9 Å². The van der Waals surface area contributed by atoms with Crippen LogP contribution in [0.2, 0.25) is 0 Å². The Kier molecular flexibility index (Phi) is 4.74. The lowest BCUT2D eigenvalue weighted by Crippen LogP contribution is -2.05. The summed E-state index contributed by atoms with van der Waals surface area (Å²) in [5.41, 5.74) is 3.28. The Bertz CT molecular complexity index is 399. The normalized spacial score (nSPS) is 15.8. The first-order valence-electron chi connectivity index (χ1n) is 7.01. The highest BCUT2D eigenvalue weighted by atomic mass is 14.4. The van der Waals surface area contributed by atoms with Crippen molar-refractivity contribution in [3.63, 3.8) is 0 Å². The first kappa shape index (κ1) is 13.1. The molecule has 0 aliphatic heterocycles. The Balaban J connectivity index is 1.75. The van der Waals surface area contributed by atoms with E-state index in [-0.39, 0.29) is 0 Å². The molecule has 1 N–H and O–H groups in total. The fourth-order valence-electron chi connectivity index (χ4n) is 2.90. The summed E-state index contributed by atoms with van der Waals surface area (Å²) in [5, 5.41) is 8.07. The summed E-state index contributed by atoms with van der Waals surface area (Å²) in [5.74, 6) is 0.849. The van der Waals surface area contributed by atoms with E-state index in [1.807, 2.05) is 18.2 Å². The molecule has 1 aromatic rings. The van der Waals surface area contributed by atoms with Crippen LogP contribution in [-0.4, -0.2) is 5.71 Å². The van der Waals surface area contributed by atoms with E-state index in [2.05, 4.69) is 18.7 Å². The van der Waals surface area contributed by atoms with E-state index < -0.39 is 0 Å². The summed E-state index contributed by atoms with van der Waals surface area (Å²) >= 11 is 0. The van der Waals surface area contributed by atoms with Gasteiger partial charge in [-0.2, -0.15) is 0 Å². The maximum atomic E-state index is 8.07. The highest BCUT2D eigenvalue weighted by molar-refractivity contribution is 5.85. The second-order valence-corrected chi connectivity index (χ2v) is 5.55.